The molecule has 1 amide bonds. The second-order valence-corrected chi connectivity index (χ2v) is 6.69. The minimum Gasteiger partial charge on any atom is -0.497 e. The zero-order valence-electron chi connectivity index (χ0n) is 15.1. The highest BCUT2D eigenvalue weighted by molar-refractivity contribution is 5.94. The Bertz CT molecular complexity index is 708. The van der Waals surface area contributed by atoms with Gasteiger partial charge in [0.25, 0.3) is 5.91 Å². The molecule has 1 heterocycles. The van der Waals surface area contributed by atoms with Crippen molar-refractivity contribution in [2.45, 2.75) is 25.3 Å². The van der Waals surface area contributed by atoms with E-state index in [0.717, 1.165) is 44.6 Å². The molecule has 0 atom stereocenters. The Morgan fingerprint density at radius 1 is 1.12 bits per heavy atom. The number of benzene rings is 2. The van der Waals surface area contributed by atoms with Crippen molar-refractivity contribution in [1.29, 1.82) is 0 Å². The normalized spacial score (nSPS) is 15.6. The largest absolute Gasteiger partial charge is 0.497 e. The van der Waals surface area contributed by atoms with E-state index in [1.807, 2.05) is 12.1 Å². The molecule has 26 heavy (non-hydrogen) atoms. The first-order chi connectivity index (χ1) is 12.6. The molecule has 3 rings (SSSR count). The Labute approximate surface area is 154 Å². The Morgan fingerprint density at radius 2 is 1.77 bits per heavy atom. The van der Waals surface area contributed by atoms with Crippen LogP contribution < -0.4 is 10.1 Å². The van der Waals surface area contributed by atoms with Gasteiger partial charge in [-0.05, 0) is 61.2 Å². The second-order valence-electron chi connectivity index (χ2n) is 6.69. The maximum absolute atomic E-state index is 12.9. The van der Waals surface area contributed by atoms with Crippen molar-refractivity contribution in [3.63, 3.8) is 0 Å². The molecule has 2 aromatic carbocycles. The van der Waals surface area contributed by atoms with Crippen LogP contribution in [0.4, 0.5) is 4.39 Å². The molecular formula is C21H25FN2O2. The topological polar surface area (TPSA) is 41.6 Å². The Kier molecular flexibility index (Phi) is 6.23. The SMILES string of the molecule is COc1ccc(CCN2CCC(NC(=O)c3ccc(F)cc3)CC2)cc1. The summed E-state index contributed by atoms with van der Waals surface area (Å²) in [7, 11) is 1.67. The molecule has 0 bridgehead atoms. The van der Waals surface area contributed by atoms with E-state index >= 15 is 0 Å². The third-order valence-corrected chi connectivity index (χ3v) is 4.90. The number of piperidine rings is 1. The summed E-state index contributed by atoms with van der Waals surface area (Å²) in [5.41, 5.74) is 1.81. The van der Waals surface area contributed by atoms with Gasteiger partial charge in [0.15, 0.2) is 0 Å². The maximum atomic E-state index is 12.9. The van der Waals surface area contributed by atoms with Crippen molar-refractivity contribution >= 4 is 5.91 Å². The molecule has 0 unspecified atom stereocenters. The summed E-state index contributed by atoms with van der Waals surface area (Å²) in [5.74, 6) is 0.430. The summed E-state index contributed by atoms with van der Waals surface area (Å²) in [6.07, 6.45) is 2.89. The number of nitrogens with one attached hydrogen (secondary N) is 1. The van der Waals surface area contributed by atoms with Crippen LogP contribution in [0.25, 0.3) is 0 Å². The van der Waals surface area contributed by atoms with Gasteiger partial charge in [-0.25, -0.2) is 4.39 Å². The highest BCUT2D eigenvalue weighted by Crippen LogP contribution is 2.15. The molecule has 5 heteroatoms. The number of hydrogen-bond acceptors (Lipinski definition) is 3. The minimum absolute atomic E-state index is 0.123. The summed E-state index contributed by atoms with van der Waals surface area (Å²) in [6, 6.07) is 14.1. The van der Waals surface area contributed by atoms with Crippen molar-refractivity contribution in [3.05, 3.63) is 65.5 Å². The number of ether oxygens (including phenoxy) is 1. The predicted octanol–water partition coefficient (Wildman–Crippen LogP) is 3.27. The monoisotopic (exact) mass is 356 g/mol. The number of hydrogen-bond donors (Lipinski definition) is 1. The number of methoxy groups -OCH3 is 1. The van der Waals surface area contributed by atoms with Crippen LogP contribution >= 0.6 is 0 Å². The minimum atomic E-state index is -0.327. The van der Waals surface area contributed by atoms with E-state index in [4.69, 9.17) is 4.74 Å². The molecule has 1 saturated heterocycles. The van der Waals surface area contributed by atoms with E-state index in [0.29, 0.717) is 5.56 Å². The van der Waals surface area contributed by atoms with Crippen LogP contribution in [0, 0.1) is 5.82 Å². The van der Waals surface area contributed by atoms with Gasteiger partial charge in [-0.15, -0.1) is 0 Å². The van der Waals surface area contributed by atoms with Crippen LogP contribution in [-0.4, -0.2) is 43.6 Å². The molecule has 4 nitrogen and oxygen atoms in total. The van der Waals surface area contributed by atoms with Crippen LogP contribution in [-0.2, 0) is 6.42 Å². The summed E-state index contributed by atoms with van der Waals surface area (Å²) in [5, 5.41) is 3.06. The van der Waals surface area contributed by atoms with Crippen molar-refractivity contribution in [1.82, 2.24) is 10.2 Å². The zero-order valence-corrected chi connectivity index (χ0v) is 15.1. The number of halogens is 1. The smallest absolute Gasteiger partial charge is 0.251 e. The second kappa shape index (κ2) is 8.81. The first kappa shape index (κ1) is 18.4. The molecule has 1 fully saturated rings. The average molecular weight is 356 g/mol. The molecule has 138 valence electrons. The number of rotatable bonds is 6. The lowest BCUT2D eigenvalue weighted by atomic mass is 10.0. The summed E-state index contributed by atoms with van der Waals surface area (Å²) in [4.78, 5) is 14.6. The van der Waals surface area contributed by atoms with Crippen molar-refractivity contribution < 1.29 is 13.9 Å². The summed E-state index contributed by atoms with van der Waals surface area (Å²) < 4.78 is 18.1. The number of nitrogens with zero attached hydrogens (tertiary/aromatic N) is 1. The Hall–Kier alpha value is -2.40. The molecule has 1 aliphatic rings. The molecule has 0 aromatic heterocycles. The average Bonchev–Trinajstić information content (AvgIpc) is 2.68. The van der Waals surface area contributed by atoms with Crippen molar-refractivity contribution in [2.24, 2.45) is 0 Å². The van der Waals surface area contributed by atoms with Gasteiger partial charge in [0.2, 0.25) is 0 Å². The fourth-order valence-corrected chi connectivity index (χ4v) is 3.25. The quantitative estimate of drug-likeness (QED) is 0.864. The van der Waals surface area contributed by atoms with E-state index in [1.165, 1.54) is 29.8 Å². The Morgan fingerprint density at radius 3 is 2.38 bits per heavy atom. The molecule has 0 radical (unpaired) electrons. The summed E-state index contributed by atoms with van der Waals surface area (Å²) >= 11 is 0. The van der Waals surface area contributed by atoms with Gasteiger partial charge in [-0.3, -0.25) is 4.79 Å². The maximum Gasteiger partial charge on any atom is 0.251 e. The number of amides is 1. The molecule has 1 N–H and O–H groups in total. The predicted molar refractivity (Wildman–Crippen MR) is 100 cm³/mol. The number of carbonyl (C=O) groups is 1. The number of likely N-dealkylation sites (tertiary alicyclic amines) is 1. The number of carbonyl (C=O) groups excluding carboxylic acids is 1. The first-order valence-corrected chi connectivity index (χ1v) is 9.06. The molecule has 2 aromatic rings. The first-order valence-electron chi connectivity index (χ1n) is 9.06. The third-order valence-electron chi connectivity index (χ3n) is 4.90. The van der Waals surface area contributed by atoms with E-state index < -0.39 is 0 Å². The van der Waals surface area contributed by atoms with Crippen LogP contribution in [0.5, 0.6) is 5.75 Å². The zero-order chi connectivity index (χ0) is 18.4. The van der Waals surface area contributed by atoms with E-state index in [-0.39, 0.29) is 17.8 Å². The van der Waals surface area contributed by atoms with Gasteiger partial charge in [0.1, 0.15) is 11.6 Å². The third kappa shape index (κ3) is 5.05. The van der Waals surface area contributed by atoms with Gasteiger partial charge >= 0.3 is 0 Å². The lowest BCUT2D eigenvalue weighted by Crippen LogP contribution is -2.45. The highest BCUT2D eigenvalue weighted by Gasteiger charge is 2.21. The van der Waals surface area contributed by atoms with Gasteiger partial charge in [0, 0.05) is 31.2 Å². The van der Waals surface area contributed by atoms with Crippen LogP contribution in [0.15, 0.2) is 48.5 Å². The molecule has 1 aliphatic heterocycles. The lowest BCUT2D eigenvalue weighted by Gasteiger charge is -2.32. The standard InChI is InChI=1S/C21H25FN2O2/c1-26-20-8-2-16(3-9-20)10-13-24-14-11-19(12-15-24)23-21(25)17-4-6-18(22)7-5-17/h2-9,19H,10-15H2,1H3,(H,23,25). The highest BCUT2D eigenvalue weighted by atomic mass is 19.1. The van der Waals surface area contributed by atoms with Crippen LogP contribution in [0.1, 0.15) is 28.8 Å². The fourth-order valence-electron chi connectivity index (χ4n) is 3.25. The fraction of sp³-hybridized carbons (Fsp3) is 0.381. The van der Waals surface area contributed by atoms with E-state index in [1.54, 1.807) is 7.11 Å². The van der Waals surface area contributed by atoms with Crippen LogP contribution in [0.2, 0.25) is 0 Å². The molecule has 0 aliphatic carbocycles. The van der Waals surface area contributed by atoms with Gasteiger partial charge < -0.3 is 15.0 Å². The molecular weight excluding hydrogens is 331 g/mol. The summed E-state index contributed by atoms with van der Waals surface area (Å²) in [6.45, 7) is 2.97. The van der Waals surface area contributed by atoms with E-state index in [2.05, 4.69) is 22.3 Å². The van der Waals surface area contributed by atoms with Gasteiger partial charge in [-0.2, -0.15) is 0 Å². The van der Waals surface area contributed by atoms with Crippen molar-refractivity contribution in [3.8, 4) is 5.75 Å². The van der Waals surface area contributed by atoms with Gasteiger partial charge in [-0.1, -0.05) is 12.1 Å². The molecule has 0 saturated carbocycles. The van der Waals surface area contributed by atoms with E-state index in [9.17, 15) is 9.18 Å². The lowest BCUT2D eigenvalue weighted by molar-refractivity contribution is 0.0911. The van der Waals surface area contributed by atoms with Gasteiger partial charge in [0.05, 0.1) is 7.11 Å². The van der Waals surface area contributed by atoms with Crippen molar-refractivity contribution in [2.75, 3.05) is 26.7 Å². The van der Waals surface area contributed by atoms with Crippen LogP contribution in [0.3, 0.4) is 0 Å². The Balaban J connectivity index is 1.40. The molecule has 0 spiro atoms.